The van der Waals surface area contributed by atoms with Gasteiger partial charge < -0.3 is 4.57 Å². The number of hydrogen-bond donors (Lipinski definition) is 0. The minimum Gasteiger partial charge on any atom is -0.312 e. The van der Waals surface area contributed by atoms with Crippen molar-refractivity contribution in [1.29, 1.82) is 0 Å². The van der Waals surface area contributed by atoms with Crippen LogP contribution < -0.4 is 0 Å². The van der Waals surface area contributed by atoms with Crippen LogP contribution in [0.1, 0.15) is 18.9 Å². The minimum atomic E-state index is -2.55. The van der Waals surface area contributed by atoms with Crippen molar-refractivity contribution in [3.05, 3.63) is 22.0 Å². The summed E-state index contributed by atoms with van der Waals surface area (Å²) < 4.78 is 27.9. The number of imidazole rings is 1. The fraction of sp³-hybridized carbons (Fsp3) is 0.400. The fourth-order valence-electron chi connectivity index (χ4n) is 2.01. The average Bonchev–Trinajstić information content (AvgIpc) is 2.58. The molecular weight excluding hydrogens is 315 g/mol. The average molecular weight is 323 g/mol. The number of fused-ring (bicyclic) bond motifs is 1. The van der Waals surface area contributed by atoms with Gasteiger partial charge in [-0.05, 0) is 22.0 Å². The Morgan fingerprint density at radius 3 is 2.82 bits per heavy atom. The second kappa shape index (κ2) is 3.62. The quantitative estimate of drug-likeness (QED) is 0.747. The van der Waals surface area contributed by atoms with E-state index >= 15 is 0 Å². The molecule has 0 aliphatic heterocycles. The van der Waals surface area contributed by atoms with Crippen molar-refractivity contribution < 1.29 is 8.78 Å². The monoisotopic (exact) mass is 321 g/mol. The van der Waals surface area contributed by atoms with E-state index in [1.807, 2.05) is 0 Å². The zero-order valence-electron chi connectivity index (χ0n) is 8.50. The van der Waals surface area contributed by atoms with Crippen LogP contribution in [0.5, 0.6) is 0 Å². The molecule has 0 bridgehead atoms. The molecule has 1 saturated carbocycles. The molecule has 3 rings (SSSR count). The summed E-state index contributed by atoms with van der Waals surface area (Å²) in [6.07, 6.45) is 1.24. The molecule has 0 saturated heterocycles. The summed E-state index contributed by atoms with van der Waals surface area (Å²) in [6, 6.07) is 1.44. The third-order valence-electron chi connectivity index (χ3n) is 2.92. The highest BCUT2D eigenvalue weighted by Crippen LogP contribution is 2.46. The molecular formula is C10H7BrClF2N3. The van der Waals surface area contributed by atoms with Gasteiger partial charge in [0.15, 0.2) is 5.65 Å². The molecule has 90 valence electrons. The van der Waals surface area contributed by atoms with E-state index in [1.165, 1.54) is 0 Å². The Balaban J connectivity index is 2.04. The fourth-order valence-corrected chi connectivity index (χ4v) is 2.43. The Kier molecular flexibility index (Phi) is 2.42. The molecule has 0 radical (unpaired) electrons. The summed E-state index contributed by atoms with van der Waals surface area (Å²) in [5.74, 6) is -2.55. The van der Waals surface area contributed by atoms with Crippen LogP contribution in [0.4, 0.5) is 8.78 Å². The van der Waals surface area contributed by atoms with Crippen LogP contribution in [0.25, 0.3) is 11.2 Å². The zero-order valence-corrected chi connectivity index (χ0v) is 10.8. The van der Waals surface area contributed by atoms with E-state index in [4.69, 9.17) is 11.6 Å². The van der Waals surface area contributed by atoms with Crippen molar-refractivity contribution in [1.82, 2.24) is 14.5 Å². The van der Waals surface area contributed by atoms with Gasteiger partial charge in [0, 0.05) is 18.9 Å². The molecule has 2 heterocycles. The van der Waals surface area contributed by atoms with Gasteiger partial charge in [-0.2, -0.15) is 0 Å². The van der Waals surface area contributed by atoms with Gasteiger partial charge in [-0.25, -0.2) is 18.7 Å². The van der Waals surface area contributed by atoms with Crippen LogP contribution in [0, 0.1) is 0 Å². The van der Waals surface area contributed by atoms with Crippen LogP contribution in [-0.2, 0) is 0 Å². The van der Waals surface area contributed by atoms with E-state index in [0.717, 1.165) is 0 Å². The lowest BCUT2D eigenvalue weighted by atomic mass is 9.88. The lowest BCUT2D eigenvalue weighted by molar-refractivity contribution is -0.103. The summed E-state index contributed by atoms with van der Waals surface area (Å²) in [4.78, 5) is 8.35. The van der Waals surface area contributed by atoms with E-state index in [0.29, 0.717) is 20.8 Å². The summed E-state index contributed by atoms with van der Waals surface area (Å²) >= 11 is 9.11. The largest absolute Gasteiger partial charge is 0.312 e. The van der Waals surface area contributed by atoms with Crippen LogP contribution in [0.3, 0.4) is 0 Å². The number of pyridine rings is 1. The lowest BCUT2D eigenvalue weighted by Gasteiger charge is -2.35. The Morgan fingerprint density at radius 2 is 2.18 bits per heavy atom. The van der Waals surface area contributed by atoms with Crippen molar-refractivity contribution >= 4 is 38.7 Å². The van der Waals surface area contributed by atoms with Gasteiger partial charge in [0.1, 0.15) is 10.1 Å². The molecule has 0 atom stereocenters. The molecule has 7 heteroatoms. The van der Waals surface area contributed by atoms with Crippen LogP contribution in [0.15, 0.2) is 17.0 Å². The second-order valence-corrected chi connectivity index (χ2v) is 5.33. The van der Waals surface area contributed by atoms with Gasteiger partial charge in [0.2, 0.25) is 0 Å². The molecule has 0 unspecified atom stereocenters. The summed E-state index contributed by atoms with van der Waals surface area (Å²) in [5, 5.41) is 0.460. The first-order valence-electron chi connectivity index (χ1n) is 5.03. The van der Waals surface area contributed by atoms with Crippen molar-refractivity contribution in [2.45, 2.75) is 24.8 Å². The molecule has 3 nitrogen and oxygen atoms in total. The van der Waals surface area contributed by atoms with E-state index in [2.05, 4.69) is 25.9 Å². The van der Waals surface area contributed by atoms with E-state index in [9.17, 15) is 8.78 Å². The predicted molar refractivity (Wildman–Crippen MR) is 63.5 cm³/mol. The maximum Gasteiger partial charge on any atom is 0.252 e. The van der Waals surface area contributed by atoms with Gasteiger partial charge in [-0.15, -0.1) is 0 Å². The highest BCUT2D eigenvalue weighted by atomic mass is 79.9. The van der Waals surface area contributed by atoms with Crippen molar-refractivity contribution in [2.75, 3.05) is 0 Å². The maximum absolute atomic E-state index is 12.8. The third kappa shape index (κ3) is 1.83. The molecule has 0 N–H and O–H groups in total. The van der Waals surface area contributed by atoms with E-state index < -0.39 is 5.92 Å². The highest BCUT2D eigenvalue weighted by molar-refractivity contribution is 9.10. The number of aromatic nitrogens is 3. The van der Waals surface area contributed by atoms with E-state index in [-0.39, 0.29) is 18.9 Å². The van der Waals surface area contributed by atoms with Gasteiger partial charge in [-0.3, -0.25) is 0 Å². The van der Waals surface area contributed by atoms with Crippen molar-refractivity contribution in [2.24, 2.45) is 0 Å². The molecule has 0 amide bonds. The molecule has 1 aliphatic carbocycles. The Hall–Kier alpha value is -0.750. The van der Waals surface area contributed by atoms with Crippen molar-refractivity contribution in [3.63, 3.8) is 0 Å². The summed E-state index contributed by atoms with van der Waals surface area (Å²) in [7, 11) is 0. The summed E-state index contributed by atoms with van der Waals surface area (Å²) in [6.45, 7) is 0. The van der Waals surface area contributed by atoms with Gasteiger partial charge in [-0.1, -0.05) is 11.6 Å². The molecule has 17 heavy (non-hydrogen) atoms. The predicted octanol–water partition coefficient (Wildman–Crippen LogP) is 3.82. The first-order valence-corrected chi connectivity index (χ1v) is 6.20. The minimum absolute atomic E-state index is 0.152. The first kappa shape index (κ1) is 11.3. The number of halogens is 4. The maximum atomic E-state index is 12.8. The number of rotatable bonds is 1. The zero-order chi connectivity index (χ0) is 12.2. The van der Waals surface area contributed by atoms with Crippen LogP contribution in [-0.4, -0.2) is 20.5 Å². The van der Waals surface area contributed by atoms with Gasteiger partial charge in [0.05, 0.1) is 11.3 Å². The van der Waals surface area contributed by atoms with Gasteiger partial charge in [0.25, 0.3) is 5.92 Å². The topological polar surface area (TPSA) is 30.7 Å². The number of alkyl halides is 2. The smallest absolute Gasteiger partial charge is 0.252 e. The molecule has 2 aromatic rings. The highest BCUT2D eigenvalue weighted by Gasteiger charge is 2.46. The van der Waals surface area contributed by atoms with Crippen LogP contribution in [0.2, 0.25) is 5.02 Å². The number of hydrogen-bond acceptors (Lipinski definition) is 2. The molecule has 0 spiro atoms. The second-order valence-electron chi connectivity index (χ2n) is 4.17. The standard InChI is InChI=1S/C10H7BrClF2N3/c11-8-6(12)1-7-9(16-8)17(4-15-7)5-2-10(13,14)3-5/h1,4-5H,2-3H2. The normalized spacial score (nSPS) is 19.5. The molecule has 2 aromatic heterocycles. The Morgan fingerprint density at radius 1 is 1.47 bits per heavy atom. The Labute approximate surface area is 109 Å². The van der Waals surface area contributed by atoms with Crippen molar-refractivity contribution in [3.8, 4) is 0 Å². The molecule has 1 fully saturated rings. The van der Waals surface area contributed by atoms with E-state index in [1.54, 1.807) is 17.0 Å². The first-order chi connectivity index (χ1) is 7.96. The lowest BCUT2D eigenvalue weighted by Crippen LogP contribution is -2.36. The SMILES string of the molecule is FC1(F)CC(n2cnc3cc(Cl)c(Br)nc32)C1. The number of nitrogens with zero attached hydrogens (tertiary/aromatic N) is 3. The third-order valence-corrected chi connectivity index (χ3v) is 4.04. The molecule has 0 aromatic carbocycles. The Bertz CT molecular complexity index is 590. The van der Waals surface area contributed by atoms with Crippen LogP contribution >= 0.6 is 27.5 Å². The molecule has 1 aliphatic rings. The van der Waals surface area contributed by atoms with Gasteiger partial charge >= 0.3 is 0 Å². The summed E-state index contributed by atoms with van der Waals surface area (Å²) in [5.41, 5.74) is 1.20.